The topological polar surface area (TPSA) is 83.3 Å². The third-order valence-electron chi connectivity index (χ3n) is 7.47. The fraction of sp³-hybridized carbons (Fsp3) is 0.276. The number of anilines is 1. The van der Waals surface area contributed by atoms with Gasteiger partial charge in [-0.3, -0.25) is 4.79 Å². The third kappa shape index (κ3) is 4.44. The Bertz CT molecular complexity index is 1480. The second-order valence-corrected chi connectivity index (χ2v) is 10.5. The number of carbonyl (C=O) groups excluding carboxylic acids is 1. The molecule has 1 aliphatic heterocycles. The van der Waals surface area contributed by atoms with E-state index in [1.165, 1.54) is 0 Å². The van der Waals surface area contributed by atoms with Gasteiger partial charge in [-0.05, 0) is 65.8 Å². The lowest BCUT2D eigenvalue weighted by Gasteiger charge is -2.36. The molecule has 188 valence electrons. The first-order valence-electron chi connectivity index (χ1n) is 12.5. The van der Waals surface area contributed by atoms with Gasteiger partial charge in [0.1, 0.15) is 6.33 Å². The van der Waals surface area contributed by atoms with E-state index in [-0.39, 0.29) is 5.91 Å². The standard InChI is InChI=1S/C29H28ClN5O2/c1-34-18-32-33-27(34)26-23(20-8-10-22(30)11-9-20)4-2-5-25(26)35-16-21-7-6-19(14-24(21)28(35)36)15-31-17-29(37)12-3-13-29/h2,4-11,14,18,31,37H,3,12-13,15-17H2,1H3. The van der Waals surface area contributed by atoms with E-state index >= 15 is 0 Å². The number of rotatable bonds is 7. The average Bonchev–Trinajstić information content (AvgIpc) is 3.45. The predicted molar refractivity (Wildman–Crippen MR) is 144 cm³/mol. The number of aryl methyl sites for hydroxylation is 1. The summed E-state index contributed by atoms with van der Waals surface area (Å²) in [5, 5.41) is 22.9. The number of benzene rings is 3. The predicted octanol–water partition coefficient (Wildman–Crippen LogP) is 4.97. The maximum absolute atomic E-state index is 13.7. The van der Waals surface area contributed by atoms with E-state index in [1.54, 1.807) is 6.33 Å². The quantitative estimate of drug-likeness (QED) is 0.364. The molecule has 0 unspecified atom stereocenters. The molecule has 2 N–H and O–H groups in total. The van der Waals surface area contributed by atoms with Crippen LogP contribution in [-0.4, -0.2) is 37.9 Å². The lowest BCUT2D eigenvalue weighted by atomic mass is 9.80. The van der Waals surface area contributed by atoms with Crippen molar-refractivity contribution < 1.29 is 9.90 Å². The van der Waals surface area contributed by atoms with Gasteiger partial charge in [-0.25, -0.2) is 0 Å². The highest BCUT2D eigenvalue weighted by atomic mass is 35.5. The number of amides is 1. The molecular weight excluding hydrogens is 486 g/mol. The highest BCUT2D eigenvalue weighted by molar-refractivity contribution is 6.30. The van der Waals surface area contributed by atoms with Crippen molar-refractivity contribution in [3.8, 4) is 22.5 Å². The summed E-state index contributed by atoms with van der Waals surface area (Å²) in [7, 11) is 1.90. The summed E-state index contributed by atoms with van der Waals surface area (Å²) in [6.45, 7) is 1.67. The van der Waals surface area contributed by atoms with Crippen LogP contribution >= 0.6 is 11.6 Å². The molecule has 2 aliphatic rings. The van der Waals surface area contributed by atoms with Gasteiger partial charge in [0.05, 0.1) is 23.4 Å². The molecular formula is C29H28ClN5O2. The summed E-state index contributed by atoms with van der Waals surface area (Å²) in [5.74, 6) is 0.647. The molecule has 0 saturated heterocycles. The zero-order chi connectivity index (χ0) is 25.6. The van der Waals surface area contributed by atoms with Crippen molar-refractivity contribution in [2.45, 2.75) is 38.0 Å². The van der Waals surface area contributed by atoms with Gasteiger partial charge in [-0.15, -0.1) is 10.2 Å². The van der Waals surface area contributed by atoms with E-state index in [0.717, 1.165) is 52.8 Å². The van der Waals surface area contributed by atoms with Gasteiger partial charge in [0.2, 0.25) is 0 Å². The number of nitrogens with zero attached hydrogens (tertiary/aromatic N) is 4. The molecule has 0 spiro atoms. The first kappa shape index (κ1) is 23.9. The van der Waals surface area contributed by atoms with Crippen LogP contribution in [0.1, 0.15) is 40.7 Å². The fourth-order valence-electron chi connectivity index (χ4n) is 5.23. The molecule has 1 amide bonds. The number of aromatic nitrogens is 3. The maximum Gasteiger partial charge on any atom is 0.258 e. The molecule has 4 aromatic rings. The van der Waals surface area contributed by atoms with Crippen LogP contribution < -0.4 is 10.2 Å². The molecule has 0 radical (unpaired) electrons. The Kier molecular flexibility index (Phi) is 6.07. The molecule has 1 saturated carbocycles. The third-order valence-corrected chi connectivity index (χ3v) is 7.72. The minimum atomic E-state index is -0.575. The van der Waals surface area contributed by atoms with Crippen LogP contribution in [0.3, 0.4) is 0 Å². The molecule has 2 heterocycles. The number of fused-ring (bicyclic) bond motifs is 1. The van der Waals surface area contributed by atoms with Crippen molar-refractivity contribution in [2.24, 2.45) is 7.05 Å². The van der Waals surface area contributed by atoms with Crippen molar-refractivity contribution in [1.82, 2.24) is 20.1 Å². The van der Waals surface area contributed by atoms with Gasteiger partial charge >= 0.3 is 0 Å². The molecule has 8 heteroatoms. The van der Waals surface area contributed by atoms with E-state index in [2.05, 4.69) is 21.6 Å². The minimum absolute atomic E-state index is 0.0360. The number of hydrogen-bond donors (Lipinski definition) is 2. The van der Waals surface area contributed by atoms with Gasteiger partial charge in [0, 0.05) is 30.7 Å². The Labute approximate surface area is 220 Å². The lowest BCUT2D eigenvalue weighted by molar-refractivity contribution is -0.0314. The summed E-state index contributed by atoms with van der Waals surface area (Å²) in [5.41, 5.74) is 5.73. The minimum Gasteiger partial charge on any atom is -0.389 e. The van der Waals surface area contributed by atoms with E-state index in [4.69, 9.17) is 11.6 Å². The maximum atomic E-state index is 13.7. The molecule has 1 aliphatic carbocycles. The zero-order valence-electron chi connectivity index (χ0n) is 20.6. The summed E-state index contributed by atoms with van der Waals surface area (Å²) in [4.78, 5) is 15.6. The van der Waals surface area contributed by atoms with E-state index in [9.17, 15) is 9.90 Å². The largest absolute Gasteiger partial charge is 0.389 e. The van der Waals surface area contributed by atoms with Crippen LogP contribution in [0.25, 0.3) is 22.5 Å². The molecule has 1 fully saturated rings. The Hall–Kier alpha value is -3.52. The summed E-state index contributed by atoms with van der Waals surface area (Å²) in [6.07, 6.45) is 4.44. The van der Waals surface area contributed by atoms with Crippen molar-refractivity contribution in [3.63, 3.8) is 0 Å². The normalized spacial score (nSPS) is 16.1. The van der Waals surface area contributed by atoms with Crippen molar-refractivity contribution in [2.75, 3.05) is 11.4 Å². The molecule has 0 bridgehead atoms. The fourth-order valence-corrected chi connectivity index (χ4v) is 5.36. The molecule has 1 aromatic heterocycles. The molecule has 3 aromatic carbocycles. The first-order chi connectivity index (χ1) is 17.9. The molecule has 37 heavy (non-hydrogen) atoms. The van der Waals surface area contributed by atoms with Gasteiger partial charge in [-0.1, -0.05) is 48.0 Å². The summed E-state index contributed by atoms with van der Waals surface area (Å²) >= 11 is 6.15. The molecule has 0 atom stereocenters. The average molecular weight is 514 g/mol. The second-order valence-electron chi connectivity index (χ2n) is 10.0. The van der Waals surface area contributed by atoms with Crippen LogP contribution in [0.4, 0.5) is 5.69 Å². The van der Waals surface area contributed by atoms with Crippen LogP contribution in [0, 0.1) is 0 Å². The van der Waals surface area contributed by atoms with E-state index in [0.29, 0.717) is 36.0 Å². The lowest BCUT2D eigenvalue weighted by Crippen LogP contribution is -2.45. The van der Waals surface area contributed by atoms with Gasteiger partial charge < -0.3 is 19.9 Å². The second kappa shape index (κ2) is 9.41. The first-order valence-corrected chi connectivity index (χ1v) is 12.9. The van der Waals surface area contributed by atoms with E-state index < -0.39 is 5.60 Å². The Balaban J connectivity index is 1.34. The zero-order valence-corrected chi connectivity index (χ0v) is 21.4. The molecule has 7 nitrogen and oxygen atoms in total. The SMILES string of the molecule is Cn1cnnc1-c1c(-c2ccc(Cl)cc2)cccc1N1Cc2ccc(CNCC3(O)CCC3)cc2C1=O. The number of aliphatic hydroxyl groups is 1. The van der Waals surface area contributed by atoms with Crippen LogP contribution in [0.5, 0.6) is 0 Å². The monoisotopic (exact) mass is 513 g/mol. The number of hydrogen-bond acceptors (Lipinski definition) is 5. The van der Waals surface area contributed by atoms with Crippen LogP contribution in [0.15, 0.2) is 67.0 Å². The number of nitrogens with one attached hydrogen (secondary N) is 1. The Morgan fingerprint density at radius 2 is 1.89 bits per heavy atom. The highest BCUT2D eigenvalue weighted by Crippen LogP contribution is 2.41. The Morgan fingerprint density at radius 1 is 1.08 bits per heavy atom. The van der Waals surface area contributed by atoms with Crippen LogP contribution in [-0.2, 0) is 20.1 Å². The van der Waals surface area contributed by atoms with E-state index in [1.807, 2.05) is 71.1 Å². The highest BCUT2D eigenvalue weighted by Gasteiger charge is 2.34. The van der Waals surface area contributed by atoms with Crippen molar-refractivity contribution in [3.05, 3.63) is 88.7 Å². The van der Waals surface area contributed by atoms with Gasteiger partial charge in [0.15, 0.2) is 5.82 Å². The van der Waals surface area contributed by atoms with Gasteiger partial charge in [0.25, 0.3) is 5.91 Å². The van der Waals surface area contributed by atoms with Gasteiger partial charge in [-0.2, -0.15) is 0 Å². The van der Waals surface area contributed by atoms with Crippen molar-refractivity contribution >= 4 is 23.2 Å². The Morgan fingerprint density at radius 3 is 2.59 bits per heavy atom. The number of halogens is 1. The molecule has 6 rings (SSSR count). The smallest absolute Gasteiger partial charge is 0.258 e. The number of carbonyl (C=O) groups is 1. The van der Waals surface area contributed by atoms with Crippen LogP contribution in [0.2, 0.25) is 5.02 Å². The van der Waals surface area contributed by atoms with Crippen molar-refractivity contribution in [1.29, 1.82) is 0 Å². The summed E-state index contributed by atoms with van der Waals surface area (Å²) < 4.78 is 1.87. The summed E-state index contributed by atoms with van der Waals surface area (Å²) in [6, 6.07) is 19.7.